The van der Waals surface area contributed by atoms with Crippen molar-refractivity contribution in [1.29, 1.82) is 0 Å². The smallest absolute Gasteiger partial charge is 0.250 e. The number of aryl methyl sites for hydroxylation is 2. The minimum absolute atomic E-state index is 0.0843. The average molecular weight is 313 g/mol. The number of rotatable bonds is 5. The summed E-state index contributed by atoms with van der Waals surface area (Å²) in [4.78, 5) is 8.80. The van der Waals surface area contributed by atoms with Gasteiger partial charge in [0.1, 0.15) is 4.21 Å². The van der Waals surface area contributed by atoms with Gasteiger partial charge in [-0.2, -0.15) is 0 Å². The van der Waals surface area contributed by atoms with Crippen LogP contribution in [0.1, 0.15) is 21.8 Å². The molecule has 2 aromatic rings. The van der Waals surface area contributed by atoms with Crippen LogP contribution >= 0.6 is 11.3 Å². The van der Waals surface area contributed by atoms with Gasteiger partial charge in [-0.05, 0) is 25.5 Å². The summed E-state index contributed by atoms with van der Waals surface area (Å²) < 4.78 is 26.9. The fourth-order valence-electron chi connectivity index (χ4n) is 1.53. The zero-order valence-corrected chi connectivity index (χ0v) is 12.8. The second-order valence-electron chi connectivity index (χ2n) is 4.30. The van der Waals surface area contributed by atoms with Crippen molar-refractivity contribution in [2.45, 2.75) is 31.2 Å². The fraction of sp³-hybridized carbons (Fsp3) is 0.333. The lowest BCUT2D eigenvalue weighted by Gasteiger charge is -2.04. The Labute approximate surface area is 121 Å². The SMILES string of the molecule is Cc1cnc(CNS(=O)(=O)c2cc(C)c(CO)s2)cn1. The Bertz CT molecular complexity index is 693. The van der Waals surface area contributed by atoms with Gasteiger partial charge in [0.15, 0.2) is 0 Å². The molecule has 2 N–H and O–H groups in total. The van der Waals surface area contributed by atoms with E-state index in [2.05, 4.69) is 14.7 Å². The van der Waals surface area contributed by atoms with Crippen molar-refractivity contribution in [3.8, 4) is 0 Å². The molecule has 0 amide bonds. The van der Waals surface area contributed by atoms with Gasteiger partial charge in [0.25, 0.3) is 0 Å². The lowest BCUT2D eigenvalue weighted by Crippen LogP contribution is -2.23. The lowest BCUT2D eigenvalue weighted by molar-refractivity contribution is 0.285. The van der Waals surface area contributed by atoms with Gasteiger partial charge in [-0.25, -0.2) is 13.1 Å². The van der Waals surface area contributed by atoms with Gasteiger partial charge >= 0.3 is 0 Å². The first-order valence-corrected chi connectivity index (χ1v) is 8.19. The zero-order valence-electron chi connectivity index (χ0n) is 11.1. The van der Waals surface area contributed by atoms with Crippen LogP contribution in [0.5, 0.6) is 0 Å². The number of aliphatic hydroxyl groups is 1. The van der Waals surface area contributed by atoms with Crippen molar-refractivity contribution in [3.05, 3.63) is 40.3 Å². The lowest BCUT2D eigenvalue weighted by atomic mass is 10.3. The predicted octanol–water partition coefficient (Wildman–Crippen LogP) is 1.13. The number of hydrogen-bond acceptors (Lipinski definition) is 6. The van der Waals surface area contributed by atoms with Crippen LogP contribution < -0.4 is 4.72 Å². The number of nitrogens with zero attached hydrogens (tertiary/aromatic N) is 2. The zero-order chi connectivity index (χ0) is 14.8. The van der Waals surface area contributed by atoms with Gasteiger partial charge in [0.05, 0.1) is 30.7 Å². The summed E-state index contributed by atoms with van der Waals surface area (Å²) in [6, 6.07) is 1.55. The largest absolute Gasteiger partial charge is 0.391 e. The van der Waals surface area contributed by atoms with Gasteiger partial charge in [-0.3, -0.25) is 9.97 Å². The highest BCUT2D eigenvalue weighted by molar-refractivity contribution is 7.91. The highest BCUT2D eigenvalue weighted by Gasteiger charge is 2.18. The summed E-state index contributed by atoms with van der Waals surface area (Å²) in [5.41, 5.74) is 2.10. The molecule has 0 saturated carbocycles. The highest BCUT2D eigenvalue weighted by Crippen LogP contribution is 2.25. The summed E-state index contributed by atoms with van der Waals surface area (Å²) in [6.07, 6.45) is 3.12. The third-order valence-corrected chi connectivity index (χ3v) is 5.78. The molecule has 2 aromatic heterocycles. The molecule has 0 aliphatic rings. The monoisotopic (exact) mass is 313 g/mol. The first kappa shape index (κ1) is 15.0. The van der Waals surface area contributed by atoms with E-state index >= 15 is 0 Å². The van der Waals surface area contributed by atoms with Crippen molar-refractivity contribution in [2.24, 2.45) is 0 Å². The Balaban J connectivity index is 2.12. The third-order valence-electron chi connectivity index (χ3n) is 2.68. The normalized spacial score (nSPS) is 11.8. The predicted molar refractivity (Wildman–Crippen MR) is 75.8 cm³/mol. The van der Waals surface area contributed by atoms with Crippen LogP contribution in [0, 0.1) is 13.8 Å². The molecular formula is C12H15N3O3S2. The van der Waals surface area contributed by atoms with Crippen LogP contribution in [-0.2, 0) is 23.2 Å². The Hall–Kier alpha value is -1.35. The van der Waals surface area contributed by atoms with Crippen molar-refractivity contribution in [1.82, 2.24) is 14.7 Å². The van der Waals surface area contributed by atoms with Crippen LogP contribution in [-0.4, -0.2) is 23.5 Å². The Morgan fingerprint density at radius 2 is 2.05 bits per heavy atom. The van der Waals surface area contributed by atoms with E-state index in [9.17, 15) is 8.42 Å². The fourth-order valence-corrected chi connectivity index (χ4v) is 4.02. The van der Waals surface area contributed by atoms with Crippen LogP contribution in [0.25, 0.3) is 0 Å². The van der Waals surface area contributed by atoms with Gasteiger partial charge in [-0.1, -0.05) is 0 Å². The summed E-state index contributed by atoms with van der Waals surface area (Å²) in [6.45, 7) is 3.51. The van der Waals surface area contributed by atoms with Crippen LogP contribution in [0.4, 0.5) is 0 Å². The first-order chi connectivity index (χ1) is 9.42. The topological polar surface area (TPSA) is 92.2 Å². The van der Waals surface area contributed by atoms with E-state index in [1.165, 1.54) is 6.20 Å². The van der Waals surface area contributed by atoms with E-state index in [1.54, 1.807) is 19.2 Å². The van der Waals surface area contributed by atoms with Crippen molar-refractivity contribution in [3.63, 3.8) is 0 Å². The Morgan fingerprint density at radius 3 is 2.60 bits per heavy atom. The van der Waals surface area contributed by atoms with E-state index in [1.807, 2.05) is 6.92 Å². The molecule has 108 valence electrons. The number of aliphatic hydroxyl groups excluding tert-OH is 1. The Morgan fingerprint density at radius 1 is 1.30 bits per heavy atom. The van der Waals surface area contributed by atoms with Crippen LogP contribution in [0.15, 0.2) is 22.7 Å². The molecule has 0 radical (unpaired) electrons. The molecule has 2 rings (SSSR count). The van der Waals surface area contributed by atoms with E-state index in [-0.39, 0.29) is 17.4 Å². The third kappa shape index (κ3) is 3.40. The van der Waals surface area contributed by atoms with E-state index < -0.39 is 10.0 Å². The molecule has 20 heavy (non-hydrogen) atoms. The summed E-state index contributed by atoms with van der Waals surface area (Å²) >= 11 is 1.07. The second kappa shape index (κ2) is 5.96. The van der Waals surface area contributed by atoms with E-state index in [0.717, 1.165) is 22.6 Å². The number of nitrogens with one attached hydrogen (secondary N) is 1. The average Bonchev–Trinajstić information content (AvgIpc) is 2.80. The molecule has 0 bridgehead atoms. The van der Waals surface area contributed by atoms with Crippen LogP contribution in [0.3, 0.4) is 0 Å². The molecule has 0 unspecified atom stereocenters. The maximum atomic E-state index is 12.1. The molecule has 0 fully saturated rings. The Kier molecular flexibility index (Phi) is 4.48. The van der Waals surface area contributed by atoms with E-state index in [4.69, 9.17) is 5.11 Å². The van der Waals surface area contributed by atoms with Gasteiger partial charge in [0, 0.05) is 11.1 Å². The van der Waals surface area contributed by atoms with Crippen molar-refractivity contribution >= 4 is 21.4 Å². The number of thiophene rings is 1. The second-order valence-corrected chi connectivity index (χ2v) is 7.43. The van der Waals surface area contributed by atoms with Crippen molar-refractivity contribution in [2.75, 3.05) is 0 Å². The maximum Gasteiger partial charge on any atom is 0.250 e. The molecular weight excluding hydrogens is 298 g/mol. The molecule has 2 heterocycles. The molecule has 0 atom stereocenters. The maximum absolute atomic E-state index is 12.1. The molecule has 0 aromatic carbocycles. The van der Waals surface area contributed by atoms with Gasteiger partial charge in [-0.15, -0.1) is 11.3 Å². The molecule has 0 aliphatic carbocycles. The summed E-state index contributed by atoms with van der Waals surface area (Å²) in [5.74, 6) is 0. The van der Waals surface area contributed by atoms with Gasteiger partial charge in [0.2, 0.25) is 10.0 Å². The standard InChI is InChI=1S/C12H15N3O3S2/c1-8-3-12(19-11(8)7-16)20(17,18)15-6-10-5-13-9(2)4-14-10/h3-5,15-16H,6-7H2,1-2H3. The quantitative estimate of drug-likeness (QED) is 0.863. The summed E-state index contributed by atoms with van der Waals surface area (Å²) in [7, 11) is -3.59. The highest BCUT2D eigenvalue weighted by atomic mass is 32.2. The number of aromatic nitrogens is 2. The molecule has 8 heteroatoms. The number of hydrogen-bond donors (Lipinski definition) is 2. The van der Waals surface area contributed by atoms with Crippen molar-refractivity contribution < 1.29 is 13.5 Å². The summed E-state index contributed by atoms with van der Waals surface area (Å²) in [5, 5.41) is 9.11. The molecule has 0 spiro atoms. The minimum Gasteiger partial charge on any atom is -0.391 e. The van der Waals surface area contributed by atoms with E-state index in [0.29, 0.717) is 10.6 Å². The molecule has 0 aliphatic heterocycles. The van der Waals surface area contributed by atoms with Crippen LogP contribution in [0.2, 0.25) is 0 Å². The first-order valence-electron chi connectivity index (χ1n) is 5.90. The number of sulfonamides is 1. The molecule has 0 saturated heterocycles. The van der Waals surface area contributed by atoms with Gasteiger partial charge < -0.3 is 5.11 Å². The minimum atomic E-state index is -3.59. The molecule has 6 nitrogen and oxygen atoms in total.